The fourth-order valence-electron chi connectivity index (χ4n) is 7.87. The van der Waals surface area contributed by atoms with E-state index in [1.54, 1.807) is 11.3 Å². The molecule has 0 amide bonds. The lowest BCUT2D eigenvalue weighted by Crippen LogP contribution is -2.03. The number of para-hydroxylation sites is 1. The van der Waals surface area contributed by atoms with Crippen LogP contribution in [0.5, 0.6) is 0 Å². The third kappa shape index (κ3) is 7.67. The average Bonchev–Trinajstić information content (AvgIpc) is 3.88. The average molecular weight is 817 g/mol. The van der Waals surface area contributed by atoms with E-state index in [1.165, 1.54) is 20.5 Å². The number of hydrogen-bond donors (Lipinski definition) is 1. The third-order valence-electron chi connectivity index (χ3n) is 10.8. The molecule has 0 fully saturated rings. The fourth-order valence-corrected chi connectivity index (χ4v) is 9.03. The van der Waals surface area contributed by atoms with Crippen molar-refractivity contribution < 1.29 is 4.42 Å². The van der Waals surface area contributed by atoms with Gasteiger partial charge in [0.15, 0.2) is 17.5 Å². The van der Waals surface area contributed by atoms with Gasteiger partial charge in [0.1, 0.15) is 11.2 Å². The van der Waals surface area contributed by atoms with E-state index in [9.17, 15) is 0 Å². The van der Waals surface area contributed by atoms with Crippen molar-refractivity contribution in [1.29, 1.82) is 0 Å². The molecule has 0 atom stereocenters. The molecule has 0 radical (unpaired) electrons. The molecule has 5 nitrogen and oxygen atoms in total. The minimum absolute atomic E-state index is 0.556. The summed E-state index contributed by atoms with van der Waals surface area (Å²) < 4.78 is 7.57. The number of nitrogens with one attached hydrogen (secondary N) is 1. The first kappa shape index (κ1) is 38.3. The molecule has 3 heterocycles. The molecular weight excluding hydrogens is 777 g/mol. The summed E-state index contributed by atoms with van der Waals surface area (Å²) in [6.45, 7) is 6.53. The van der Waals surface area contributed by atoms with Crippen LogP contribution in [0.2, 0.25) is 0 Å². The van der Waals surface area contributed by atoms with Gasteiger partial charge in [-0.2, -0.15) is 0 Å². The number of allylic oxidation sites excluding steroid dienone is 4. The molecule has 62 heavy (non-hydrogen) atoms. The second-order valence-corrected chi connectivity index (χ2v) is 16.0. The highest BCUT2D eigenvalue weighted by Crippen LogP contribution is 2.42. The Morgan fingerprint density at radius 1 is 0.532 bits per heavy atom. The molecule has 6 heteroatoms. The molecule has 7 aromatic carbocycles. The predicted octanol–water partition coefficient (Wildman–Crippen LogP) is 15.5. The summed E-state index contributed by atoms with van der Waals surface area (Å²) in [6.07, 6.45) is 12.6. The Kier molecular flexibility index (Phi) is 10.5. The van der Waals surface area contributed by atoms with E-state index in [0.717, 1.165) is 72.3 Å². The Balaban J connectivity index is 1.09. The summed E-state index contributed by atoms with van der Waals surface area (Å²) in [7, 11) is 0. The number of aromatic nitrogens is 3. The summed E-state index contributed by atoms with van der Waals surface area (Å²) in [5.74, 6) is 1.70. The van der Waals surface area contributed by atoms with Crippen molar-refractivity contribution in [1.82, 2.24) is 15.0 Å². The third-order valence-corrected chi connectivity index (χ3v) is 12.0. The van der Waals surface area contributed by atoms with E-state index in [2.05, 4.69) is 146 Å². The van der Waals surface area contributed by atoms with Crippen LogP contribution in [0.3, 0.4) is 0 Å². The van der Waals surface area contributed by atoms with Gasteiger partial charge in [-0.15, -0.1) is 11.3 Å². The van der Waals surface area contributed by atoms with Gasteiger partial charge >= 0.3 is 0 Å². The maximum Gasteiger partial charge on any atom is 0.164 e. The SMILES string of the molecule is C=C(/C=C\C=C/c1c(/C=C\C)sc2ccccc12)Nc1c(-c2ccccc2)cc(-c2nc(-c3ccccc3)nc(-c3ccc4c(c3)oc3ccccc34)n2)cc1-c1ccccc1. The normalized spacial score (nSPS) is 11.8. The Morgan fingerprint density at radius 3 is 1.77 bits per heavy atom. The van der Waals surface area contributed by atoms with Gasteiger partial charge in [-0.05, 0) is 66.6 Å². The van der Waals surface area contributed by atoms with Crippen molar-refractivity contribution >= 4 is 61.2 Å². The van der Waals surface area contributed by atoms with E-state index < -0.39 is 0 Å². The number of rotatable bonds is 11. The molecular formula is C56H40N4OS. The monoisotopic (exact) mass is 816 g/mol. The first-order chi connectivity index (χ1) is 30.6. The quantitative estimate of drug-likeness (QED) is 0.132. The number of nitrogens with zero attached hydrogens (tertiary/aromatic N) is 3. The van der Waals surface area contributed by atoms with Crippen molar-refractivity contribution in [3.63, 3.8) is 0 Å². The van der Waals surface area contributed by atoms with Crippen LogP contribution in [0.1, 0.15) is 17.4 Å². The van der Waals surface area contributed by atoms with E-state index >= 15 is 0 Å². The minimum Gasteiger partial charge on any atom is -0.456 e. The first-order valence-corrected chi connectivity index (χ1v) is 21.4. The molecule has 0 unspecified atom stereocenters. The molecule has 0 aliphatic rings. The van der Waals surface area contributed by atoms with Crippen molar-refractivity contribution in [2.75, 3.05) is 5.32 Å². The molecule has 3 aromatic heterocycles. The van der Waals surface area contributed by atoms with Gasteiger partial charge < -0.3 is 9.73 Å². The van der Waals surface area contributed by atoms with Crippen LogP contribution in [0, 0.1) is 0 Å². The lowest BCUT2D eigenvalue weighted by molar-refractivity contribution is 0.669. The number of hydrogen-bond acceptors (Lipinski definition) is 6. The molecule has 0 spiro atoms. The zero-order chi connectivity index (χ0) is 41.8. The van der Waals surface area contributed by atoms with Crippen LogP contribution >= 0.6 is 11.3 Å². The highest BCUT2D eigenvalue weighted by Gasteiger charge is 2.20. The van der Waals surface area contributed by atoms with Crippen molar-refractivity contribution in [2.45, 2.75) is 6.92 Å². The lowest BCUT2D eigenvalue weighted by atomic mass is 9.92. The molecule has 0 saturated carbocycles. The smallest absolute Gasteiger partial charge is 0.164 e. The summed E-state index contributed by atoms with van der Waals surface area (Å²) in [5, 5.41) is 7.10. The number of fused-ring (bicyclic) bond motifs is 4. The summed E-state index contributed by atoms with van der Waals surface area (Å²) in [5.41, 5.74) is 11.2. The van der Waals surface area contributed by atoms with E-state index in [4.69, 9.17) is 19.4 Å². The standard InChI is InChI=1S/C56H40N4OS/c1-3-19-51-45(46-29-16-18-31-52(46)62-51)28-14-13-20-37(2)57-53-47(38-21-7-4-8-22-38)34-42(35-48(53)39-23-9-5-10-24-39)56-59-54(40-25-11-6-12-26-40)58-55(60-56)41-32-33-44-43-27-15-17-30-49(43)61-50(44)36-41/h3-36,57H,2H2,1H3/b19-3-,20-13-,28-14-. The van der Waals surface area contributed by atoms with Gasteiger partial charge in [-0.1, -0.05) is 164 Å². The van der Waals surface area contributed by atoms with Gasteiger partial charge in [0, 0.05) is 64.8 Å². The van der Waals surface area contributed by atoms with Crippen LogP contribution in [-0.2, 0) is 0 Å². The molecule has 0 aliphatic carbocycles. The Hall–Kier alpha value is -7.93. The van der Waals surface area contributed by atoms with Crippen LogP contribution in [-0.4, -0.2) is 15.0 Å². The van der Waals surface area contributed by atoms with Gasteiger partial charge in [0.05, 0.1) is 5.69 Å². The number of anilines is 1. The highest BCUT2D eigenvalue weighted by atomic mass is 32.1. The van der Waals surface area contributed by atoms with E-state index in [1.807, 2.05) is 78.9 Å². The molecule has 296 valence electrons. The molecule has 0 aliphatic heterocycles. The molecule has 0 bridgehead atoms. The lowest BCUT2D eigenvalue weighted by Gasteiger charge is -2.20. The topological polar surface area (TPSA) is 63.8 Å². The number of benzene rings is 7. The predicted molar refractivity (Wildman–Crippen MR) is 262 cm³/mol. The zero-order valence-corrected chi connectivity index (χ0v) is 34.8. The highest BCUT2D eigenvalue weighted by molar-refractivity contribution is 7.20. The summed E-state index contributed by atoms with van der Waals surface area (Å²) >= 11 is 1.80. The fraction of sp³-hybridized carbons (Fsp3) is 0.0179. The Morgan fingerprint density at radius 2 is 1.10 bits per heavy atom. The second kappa shape index (κ2) is 17.0. The molecule has 10 rings (SSSR count). The van der Waals surface area contributed by atoms with E-state index in [-0.39, 0.29) is 0 Å². The largest absolute Gasteiger partial charge is 0.456 e. The van der Waals surface area contributed by atoms with Gasteiger partial charge in [-0.25, -0.2) is 15.0 Å². The first-order valence-electron chi connectivity index (χ1n) is 20.6. The molecule has 0 saturated heterocycles. The Labute approximate surface area is 364 Å². The van der Waals surface area contributed by atoms with Crippen molar-refractivity contribution in [3.05, 3.63) is 217 Å². The summed E-state index contributed by atoms with van der Waals surface area (Å²) in [4.78, 5) is 16.7. The molecule has 10 aromatic rings. The number of furan rings is 1. The maximum absolute atomic E-state index is 6.30. The van der Waals surface area contributed by atoms with Gasteiger partial charge in [0.2, 0.25) is 0 Å². The molecule has 1 N–H and O–H groups in total. The maximum atomic E-state index is 6.30. The van der Waals surface area contributed by atoms with Crippen LogP contribution in [0.25, 0.3) is 101 Å². The summed E-state index contributed by atoms with van der Waals surface area (Å²) in [6, 6.07) is 58.1. The second-order valence-electron chi connectivity index (χ2n) is 14.9. The minimum atomic E-state index is 0.556. The van der Waals surface area contributed by atoms with Crippen LogP contribution in [0.15, 0.2) is 211 Å². The van der Waals surface area contributed by atoms with Crippen LogP contribution in [0.4, 0.5) is 5.69 Å². The number of thiophene rings is 1. The Bertz CT molecular complexity index is 3280. The van der Waals surface area contributed by atoms with Crippen molar-refractivity contribution in [2.24, 2.45) is 0 Å². The zero-order valence-electron chi connectivity index (χ0n) is 34.0. The van der Waals surface area contributed by atoms with Gasteiger partial charge in [0.25, 0.3) is 0 Å². The van der Waals surface area contributed by atoms with Crippen molar-refractivity contribution in [3.8, 4) is 56.4 Å². The van der Waals surface area contributed by atoms with E-state index in [0.29, 0.717) is 17.5 Å². The van der Waals surface area contributed by atoms with Gasteiger partial charge in [-0.3, -0.25) is 0 Å². The van der Waals surface area contributed by atoms with Crippen LogP contribution < -0.4 is 5.32 Å².